The van der Waals surface area contributed by atoms with Crippen molar-refractivity contribution in [2.24, 2.45) is 5.73 Å². The molecule has 0 spiro atoms. The second-order valence-electron chi connectivity index (χ2n) is 9.49. The van der Waals surface area contributed by atoms with Gasteiger partial charge in [0.15, 0.2) is 0 Å². The molecule has 0 radical (unpaired) electrons. The molecule has 200 valence electrons. The number of rotatable bonds is 7. The van der Waals surface area contributed by atoms with Crippen LogP contribution in [0.3, 0.4) is 0 Å². The fourth-order valence-corrected chi connectivity index (χ4v) is 5.49. The van der Waals surface area contributed by atoms with E-state index in [2.05, 4.69) is 49.8 Å². The maximum atomic E-state index is 13.0. The van der Waals surface area contributed by atoms with Gasteiger partial charge in [-0.1, -0.05) is 122 Å². The van der Waals surface area contributed by atoms with Crippen LogP contribution >= 0.6 is 11.6 Å². The minimum atomic E-state index is -3.90. The van der Waals surface area contributed by atoms with E-state index in [1.807, 2.05) is 43.3 Å². The van der Waals surface area contributed by atoms with Crippen molar-refractivity contribution in [3.05, 3.63) is 137 Å². The molecule has 0 saturated carbocycles. The Hall–Kier alpha value is -2.34. The van der Waals surface area contributed by atoms with Crippen LogP contribution in [0.2, 0.25) is 0 Å². The van der Waals surface area contributed by atoms with Gasteiger partial charge in [0.2, 0.25) is 10.0 Å². The number of benzene rings is 4. The SMILES string of the molecule is Cc1ccc(C(C)C)cc1.Cc1ccc(S(=O)(=O)N[C@@](N)(c2ccccc2)[C@@H](Cl)c2ccccc2)cc1.[Ru+2]. The molecule has 0 aromatic heterocycles. The quantitative estimate of drug-likeness (QED) is 0.128. The molecule has 0 aliphatic carbocycles. The molecule has 0 saturated heterocycles. The molecule has 0 bridgehead atoms. The Labute approximate surface area is 245 Å². The zero-order chi connectivity index (χ0) is 27.1. The molecule has 2 atom stereocenters. The molecule has 0 fully saturated rings. The third-order valence-electron chi connectivity index (χ3n) is 6.12. The zero-order valence-electron chi connectivity index (χ0n) is 22.1. The molecule has 0 amide bonds. The van der Waals surface area contributed by atoms with Crippen LogP contribution in [0.25, 0.3) is 0 Å². The van der Waals surface area contributed by atoms with E-state index in [0.29, 0.717) is 11.5 Å². The molecule has 4 aromatic carbocycles. The molecule has 4 aromatic rings. The summed E-state index contributed by atoms with van der Waals surface area (Å²) in [6, 6.07) is 33.4. The summed E-state index contributed by atoms with van der Waals surface area (Å²) in [6.07, 6.45) is 0. The average Bonchev–Trinajstić information content (AvgIpc) is 2.90. The van der Waals surface area contributed by atoms with E-state index in [-0.39, 0.29) is 24.4 Å². The van der Waals surface area contributed by atoms with Gasteiger partial charge in [-0.25, -0.2) is 8.42 Å². The van der Waals surface area contributed by atoms with Gasteiger partial charge in [0, 0.05) is 0 Å². The van der Waals surface area contributed by atoms with Gasteiger partial charge in [-0.2, -0.15) is 4.72 Å². The zero-order valence-corrected chi connectivity index (χ0v) is 25.4. The largest absolute Gasteiger partial charge is 2.00 e. The van der Waals surface area contributed by atoms with Crippen LogP contribution < -0.4 is 10.5 Å². The summed E-state index contributed by atoms with van der Waals surface area (Å²) < 4.78 is 28.7. The van der Waals surface area contributed by atoms with Crippen molar-refractivity contribution in [1.29, 1.82) is 0 Å². The van der Waals surface area contributed by atoms with E-state index in [1.54, 1.807) is 48.5 Å². The van der Waals surface area contributed by atoms with Crippen LogP contribution in [-0.4, -0.2) is 8.42 Å². The Balaban J connectivity index is 0.000000389. The van der Waals surface area contributed by atoms with Crippen LogP contribution in [0, 0.1) is 13.8 Å². The molecule has 4 nitrogen and oxygen atoms in total. The molecule has 4 rings (SSSR count). The predicted molar refractivity (Wildman–Crippen MR) is 154 cm³/mol. The maximum absolute atomic E-state index is 13.0. The van der Waals surface area contributed by atoms with Gasteiger partial charge in [-0.15, -0.1) is 11.6 Å². The molecule has 7 heteroatoms. The summed E-state index contributed by atoms with van der Waals surface area (Å²) in [7, 11) is -3.90. The summed E-state index contributed by atoms with van der Waals surface area (Å²) in [5.41, 5.74) is 10.1. The van der Waals surface area contributed by atoms with Crippen LogP contribution in [0.1, 0.15) is 53.0 Å². The van der Waals surface area contributed by atoms with Crippen molar-refractivity contribution < 1.29 is 27.9 Å². The van der Waals surface area contributed by atoms with Gasteiger partial charge < -0.3 is 5.73 Å². The smallest absolute Gasteiger partial charge is 0.307 e. The number of hydrogen-bond donors (Lipinski definition) is 2. The molecule has 38 heavy (non-hydrogen) atoms. The van der Waals surface area contributed by atoms with Crippen molar-refractivity contribution >= 4 is 21.6 Å². The van der Waals surface area contributed by atoms with Crippen molar-refractivity contribution in [1.82, 2.24) is 4.72 Å². The fraction of sp³-hybridized carbons (Fsp3) is 0.226. The Kier molecular flexibility index (Phi) is 11.9. The van der Waals surface area contributed by atoms with Crippen molar-refractivity contribution in [2.45, 2.75) is 49.5 Å². The van der Waals surface area contributed by atoms with E-state index in [1.165, 1.54) is 11.1 Å². The van der Waals surface area contributed by atoms with Crippen molar-refractivity contribution in [3.8, 4) is 0 Å². The van der Waals surface area contributed by atoms with E-state index in [9.17, 15) is 8.42 Å². The third-order valence-corrected chi connectivity index (χ3v) is 8.22. The summed E-state index contributed by atoms with van der Waals surface area (Å²) in [6.45, 7) is 8.44. The first-order valence-electron chi connectivity index (χ1n) is 12.2. The Bertz CT molecular complexity index is 1370. The third kappa shape index (κ3) is 8.33. The first kappa shape index (κ1) is 31.9. The molecule has 0 heterocycles. The van der Waals surface area contributed by atoms with Crippen LogP contribution in [0.15, 0.2) is 114 Å². The fourth-order valence-electron chi connectivity index (χ4n) is 3.81. The van der Waals surface area contributed by atoms with Crippen LogP contribution in [0.5, 0.6) is 0 Å². The minimum Gasteiger partial charge on any atom is -0.307 e. The number of halogens is 1. The number of nitrogens with one attached hydrogen (secondary N) is 1. The van der Waals surface area contributed by atoms with Gasteiger partial charge in [-0.3, -0.25) is 0 Å². The molecule has 3 N–H and O–H groups in total. The molecular formula is C31H35ClN2O2RuS+2. The predicted octanol–water partition coefficient (Wildman–Crippen LogP) is 7.18. The number of sulfonamides is 1. The second-order valence-corrected chi connectivity index (χ2v) is 11.6. The molecule has 0 unspecified atom stereocenters. The first-order valence-corrected chi connectivity index (χ1v) is 14.2. The summed E-state index contributed by atoms with van der Waals surface area (Å²) in [5.74, 6) is 0.653. The van der Waals surface area contributed by atoms with Crippen LogP contribution in [0.4, 0.5) is 0 Å². The van der Waals surface area contributed by atoms with Crippen LogP contribution in [-0.2, 0) is 35.2 Å². The van der Waals surface area contributed by atoms with Crippen molar-refractivity contribution in [3.63, 3.8) is 0 Å². The number of hydrogen-bond acceptors (Lipinski definition) is 3. The normalized spacial score (nSPS) is 13.4. The topological polar surface area (TPSA) is 72.2 Å². The molecular weight excluding hydrogens is 601 g/mol. The molecule has 0 aliphatic heterocycles. The van der Waals surface area contributed by atoms with Gasteiger partial charge >= 0.3 is 19.5 Å². The summed E-state index contributed by atoms with van der Waals surface area (Å²) in [4.78, 5) is 0.135. The monoisotopic (exact) mass is 636 g/mol. The Morgan fingerprint density at radius 2 is 1.16 bits per heavy atom. The van der Waals surface area contributed by atoms with E-state index >= 15 is 0 Å². The summed E-state index contributed by atoms with van der Waals surface area (Å²) >= 11 is 6.71. The van der Waals surface area contributed by atoms with Gasteiger partial charge in [0.1, 0.15) is 5.66 Å². The number of aryl methyl sites for hydroxylation is 2. The van der Waals surface area contributed by atoms with E-state index in [0.717, 1.165) is 11.1 Å². The maximum Gasteiger partial charge on any atom is 2.00 e. The first-order chi connectivity index (χ1) is 17.5. The van der Waals surface area contributed by atoms with Crippen molar-refractivity contribution in [2.75, 3.05) is 0 Å². The number of alkyl halides is 1. The second kappa shape index (κ2) is 14.2. The van der Waals surface area contributed by atoms with E-state index in [4.69, 9.17) is 17.3 Å². The number of nitrogens with two attached hydrogens (primary N) is 1. The minimum absolute atomic E-state index is 0. The average molecular weight is 636 g/mol. The summed E-state index contributed by atoms with van der Waals surface area (Å²) in [5, 5.41) is -0.818. The Morgan fingerprint density at radius 3 is 1.63 bits per heavy atom. The van der Waals surface area contributed by atoms with E-state index < -0.39 is 21.1 Å². The standard InChI is InChI=1S/C21H21ClN2O2S.C10H14.Ru/c1-16-12-14-19(15-13-16)27(25,26)24-21(23,18-10-6-3-7-11-18)20(22)17-8-4-2-5-9-17;1-8(2)10-6-4-9(3)5-7-10;/h2-15,20,24H,23H2,1H3;4-8H,1-3H3;/q;;+2/t20-,21-;;/m0../s1. The van der Waals surface area contributed by atoms with Gasteiger partial charge in [0.25, 0.3) is 0 Å². The van der Waals surface area contributed by atoms with Gasteiger partial charge in [0.05, 0.1) is 10.3 Å². The van der Waals surface area contributed by atoms with Gasteiger partial charge in [-0.05, 0) is 48.6 Å². The Morgan fingerprint density at radius 1 is 0.711 bits per heavy atom. The molecule has 0 aliphatic rings.